The van der Waals surface area contributed by atoms with Gasteiger partial charge in [-0.15, -0.1) is 0 Å². The number of nitro groups is 1. The third-order valence-corrected chi connectivity index (χ3v) is 4.72. The third-order valence-electron chi connectivity index (χ3n) is 4.72. The van der Waals surface area contributed by atoms with Crippen LogP contribution in [0.3, 0.4) is 0 Å². The number of carbonyl (C=O) groups excluding carboxylic acids is 2. The van der Waals surface area contributed by atoms with Crippen LogP contribution in [0.1, 0.15) is 33.6 Å². The van der Waals surface area contributed by atoms with Crippen LogP contribution < -0.4 is 42.6 Å². The number of benzene rings is 2. The van der Waals surface area contributed by atoms with E-state index < -0.39 is 16.7 Å². The van der Waals surface area contributed by atoms with Crippen molar-refractivity contribution in [3.05, 3.63) is 57.6 Å². The summed E-state index contributed by atoms with van der Waals surface area (Å²) in [4.78, 5) is 35.3. The molecule has 0 aromatic heterocycles. The van der Waals surface area contributed by atoms with Crippen LogP contribution in [0.15, 0.2) is 36.4 Å². The molecule has 0 aliphatic rings. The molecular formula is C22H29N9O6. The highest BCUT2D eigenvalue weighted by Crippen LogP contribution is 2.30. The normalized spacial score (nSPS) is 10.2. The van der Waals surface area contributed by atoms with Gasteiger partial charge in [0.1, 0.15) is 5.75 Å². The zero-order valence-corrected chi connectivity index (χ0v) is 19.8. The lowest BCUT2D eigenvalue weighted by Crippen LogP contribution is -2.31. The average molecular weight is 516 g/mol. The van der Waals surface area contributed by atoms with Gasteiger partial charge >= 0.3 is 5.69 Å². The molecule has 0 bridgehead atoms. The Balaban J connectivity index is 2.16. The Bertz CT molecular complexity index is 1170. The lowest BCUT2D eigenvalue weighted by molar-refractivity contribution is -0.385. The summed E-state index contributed by atoms with van der Waals surface area (Å²) in [5.74, 6) is -1.58. The molecule has 0 fully saturated rings. The van der Waals surface area contributed by atoms with Crippen LogP contribution in [-0.4, -0.2) is 55.0 Å². The van der Waals surface area contributed by atoms with Crippen LogP contribution in [0.5, 0.6) is 11.5 Å². The Hall–Kier alpha value is -5.08. The van der Waals surface area contributed by atoms with Crippen molar-refractivity contribution in [3.63, 3.8) is 0 Å². The van der Waals surface area contributed by atoms with E-state index in [1.807, 2.05) is 0 Å². The quantitative estimate of drug-likeness (QED) is 0.0566. The Morgan fingerprint density at radius 2 is 1.41 bits per heavy atom. The number of hydrogen-bond donors (Lipinski definition) is 8. The van der Waals surface area contributed by atoms with Crippen molar-refractivity contribution < 1.29 is 24.0 Å². The number of ether oxygens (including phenoxy) is 2. The summed E-state index contributed by atoms with van der Waals surface area (Å²) in [6.45, 7) is 0.970. The summed E-state index contributed by atoms with van der Waals surface area (Å²) in [6.07, 6.45) is 0.876. The minimum atomic E-state index is -0.684. The van der Waals surface area contributed by atoms with Gasteiger partial charge in [0.2, 0.25) is 5.91 Å². The Morgan fingerprint density at radius 3 is 1.95 bits per heavy atom. The Labute approximate surface area is 211 Å². The van der Waals surface area contributed by atoms with Gasteiger partial charge in [0.05, 0.1) is 23.8 Å². The van der Waals surface area contributed by atoms with Gasteiger partial charge in [-0.3, -0.25) is 30.5 Å². The molecule has 2 aromatic carbocycles. The molecular weight excluding hydrogens is 486 g/mol. The largest absolute Gasteiger partial charge is 0.491 e. The van der Waals surface area contributed by atoms with Gasteiger partial charge in [-0.25, -0.2) is 0 Å². The van der Waals surface area contributed by atoms with Crippen molar-refractivity contribution in [3.8, 4) is 11.5 Å². The number of primary amides is 1. The average Bonchev–Trinajstić information content (AvgIpc) is 2.83. The number of nitrogens with zero attached hydrogens (tertiary/aromatic N) is 1. The molecule has 2 aromatic rings. The number of carbonyl (C=O) groups is 2. The SMILES string of the molecule is N=C(N)NCCCOc1cc(C(N)=O)ccc1NC(=O)c1ccc([N+](=O)[O-])c(OCCCNC(=N)N)c1. The molecule has 2 rings (SSSR count). The van der Waals surface area contributed by atoms with Crippen molar-refractivity contribution in [2.75, 3.05) is 31.6 Å². The first-order valence-electron chi connectivity index (χ1n) is 11.0. The minimum absolute atomic E-state index is 0.0806. The molecule has 0 aliphatic carbocycles. The first kappa shape index (κ1) is 28.2. The first-order valence-corrected chi connectivity index (χ1v) is 11.0. The van der Waals surface area contributed by atoms with Crippen LogP contribution in [0.2, 0.25) is 0 Å². The number of nitrogens with one attached hydrogen (secondary N) is 5. The Kier molecular flexibility index (Phi) is 10.4. The molecule has 0 saturated carbocycles. The van der Waals surface area contributed by atoms with Gasteiger partial charge in [0, 0.05) is 36.3 Å². The molecule has 2 amide bonds. The smallest absolute Gasteiger partial charge is 0.310 e. The van der Waals surface area contributed by atoms with Crippen molar-refractivity contribution >= 4 is 35.1 Å². The topological polar surface area (TPSA) is 258 Å². The molecule has 0 unspecified atom stereocenters. The van der Waals surface area contributed by atoms with E-state index in [9.17, 15) is 19.7 Å². The first-order chi connectivity index (χ1) is 17.6. The highest BCUT2D eigenvalue weighted by molar-refractivity contribution is 6.06. The van der Waals surface area contributed by atoms with Gasteiger partial charge < -0.3 is 42.6 Å². The van der Waals surface area contributed by atoms with Gasteiger partial charge in [-0.1, -0.05) is 0 Å². The van der Waals surface area contributed by atoms with Crippen LogP contribution in [-0.2, 0) is 0 Å². The molecule has 0 radical (unpaired) electrons. The van der Waals surface area contributed by atoms with Crippen LogP contribution in [0.4, 0.5) is 11.4 Å². The van der Waals surface area contributed by atoms with E-state index in [-0.39, 0.29) is 59.1 Å². The summed E-state index contributed by atoms with van der Waals surface area (Å²) in [5.41, 5.74) is 16.0. The predicted molar refractivity (Wildman–Crippen MR) is 136 cm³/mol. The molecule has 198 valence electrons. The van der Waals surface area contributed by atoms with E-state index in [1.165, 1.54) is 30.3 Å². The second-order valence-electron chi connectivity index (χ2n) is 7.55. The van der Waals surface area contributed by atoms with E-state index in [2.05, 4.69) is 16.0 Å². The number of anilines is 1. The van der Waals surface area contributed by atoms with Crippen molar-refractivity contribution in [1.29, 1.82) is 10.8 Å². The fraction of sp³-hybridized carbons (Fsp3) is 0.273. The van der Waals surface area contributed by atoms with Crippen LogP contribution >= 0.6 is 0 Å². The van der Waals surface area contributed by atoms with E-state index in [4.69, 9.17) is 37.5 Å². The van der Waals surface area contributed by atoms with E-state index in [0.717, 1.165) is 6.07 Å². The second-order valence-corrected chi connectivity index (χ2v) is 7.55. The van der Waals surface area contributed by atoms with Crippen molar-refractivity contribution in [2.45, 2.75) is 12.8 Å². The molecule has 0 heterocycles. The number of hydrogen-bond acceptors (Lipinski definition) is 8. The second kappa shape index (κ2) is 13.7. The maximum atomic E-state index is 12.9. The van der Waals surface area contributed by atoms with Gasteiger partial charge in [-0.05, 0) is 37.1 Å². The van der Waals surface area contributed by atoms with E-state index in [1.54, 1.807) is 0 Å². The molecule has 0 aliphatic heterocycles. The molecule has 0 spiro atoms. The minimum Gasteiger partial charge on any atom is -0.491 e. The lowest BCUT2D eigenvalue weighted by atomic mass is 10.1. The zero-order chi connectivity index (χ0) is 27.4. The van der Waals surface area contributed by atoms with Gasteiger partial charge in [0.25, 0.3) is 5.91 Å². The van der Waals surface area contributed by atoms with Gasteiger partial charge in [0.15, 0.2) is 17.7 Å². The highest BCUT2D eigenvalue weighted by Gasteiger charge is 2.19. The maximum absolute atomic E-state index is 12.9. The molecule has 37 heavy (non-hydrogen) atoms. The molecule has 0 saturated heterocycles. The summed E-state index contributed by atoms with van der Waals surface area (Å²) >= 11 is 0. The number of nitro benzene ring substituents is 1. The Morgan fingerprint density at radius 1 is 0.865 bits per heavy atom. The standard InChI is InChI=1S/C22H29N9O6/c23-19(32)13-3-5-15(17(11-13)36-9-1-7-28-21(24)25)30-20(33)14-4-6-16(31(34)35)18(12-14)37-10-2-8-29-22(26)27/h3-6,11-12H,1-2,7-10H2,(H2,23,32)(H,30,33)(H4,24,25,28)(H4,26,27,29). The highest BCUT2D eigenvalue weighted by atomic mass is 16.6. The van der Waals surface area contributed by atoms with Crippen molar-refractivity contribution in [2.24, 2.45) is 17.2 Å². The molecule has 15 nitrogen and oxygen atoms in total. The number of nitrogens with two attached hydrogens (primary N) is 3. The van der Waals surface area contributed by atoms with E-state index >= 15 is 0 Å². The van der Waals surface area contributed by atoms with Crippen molar-refractivity contribution in [1.82, 2.24) is 10.6 Å². The maximum Gasteiger partial charge on any atom is 0.310 e. The molecule has 15 heteroatoms. The van der Waals surface area contributed by atoms with Crippen LogP contribution in [0.25, 0.3) is 0 Å². The molecule has 0 atom stereocenters. The fourth-order valence-electron chi connectivity index (χ4n) is 2.97. The van der Waals surface area contributed by atoms with Gasteiger partial charge in [-0.2, -0.15) is 0 Å². The van der Waals surface area contributed by atoms with E-state index in [0.29, 0.717) is 25.9 Å². The monoisotopic (exact) mass is 515 g/mol. The third kappa shape index (κ3) is 9.23. The van der Waals surface area contributed by atoms with Crippen LogP contribution in [0, 0.1) is 20.9 Å². The summed E-state index contributed by atoms with van der Waals surface area (Å²) < 4.78 is 11.2. The summed E-state index contributed by atoms with van der Waals surface area (Å²) in [6, 6.07) is 7.94. The summed E-state index contributed by atoms with van der Waals surface area (Å²) in [7, 11) is 0. The zero-order valence-electron chi connectivity index (χ0n) is 19.8. The summed E-state index contributed by atoms with van der Waals surface area (Å²) in [5, 5.41) is 33.5. The predicted octanol–water partition coefficient (Wildman–Crippen LogP) is 0.450. The number of amides is 2. The number of guanidine groups is 2. The number of rotatable bonds is 14. The molecule has 11 N–H and O–H groups in total. The lowest BCUT2D eigenvalue weighted by Gasteiger charge is -2.14. The fourth-order valence-corrected chi connectivity index (χ4v) is 2.97.